The second-order valence-corrected chi connectivity index (χ2v) is 4.55. The summed E-state index contributed by atoms with van der Waals surface area (Å²) in [5.74, 6) is -0.378. The van der Waals surface area contributed by atoms with Crippen molar-refractivity contribution in [2.24, 2.45) is 0 Å². The Morgan fingerprint density at radius 2 is 2.26 bits per heavy atom. The molecular weight excluding hydrogens is 271 g/mol. The van der Waals surface area contributed by atoms with Gasteiger partial charge in [-0.2, -0.15) is 0 Å². The molecule has 0 aromatic heterocycles. The molecule has 19 heavy (non-hydrogen) atoms. The number of amides is 2. The number of carbonyl (C=O) groups is 1. The number of rotatable bonds is 6. The fourth-order valence-corrected chi connectivity index (χ4v) is 1.84. The van der Waals surface area contributed by atoms with Crippen LogP contribution in [0.15, 0.2) is 18.2 Å². The molecule has 106 valence electrons. The summed E-state index contributed by atoms with van der Waals surface area (Å²) in [4.78, 5) is 11.5. The highest BCUT2D eigenvalue weighted by Crippen LogP contribution is 2.18. The minimum absolute atomic E-state index is 0.108. The molecule has 0 heterocycles. The van der Waals surface area contributed by atoms with Crippen LogP contribution >= 0.6 is 11.6 Å². The van der Waals surface area contributed by atoms with Crippen molar-refractivity contribution in [3.8, 4) is 0 Å². The lowest BCUT2D eigenvalue weighted by molar-refractivity contribution is 0.214. The van der Waals surface area contributed by atoms with Gasteiger partial charge in [-0.25, -0.2) is 9.18 Å². The molecule has 0 aliphatic rings. The largest absolute Gasteiger partial charge is 0.394 e. The van der Waals surface area contributed by atoms with E-state index in [0.29, 0.717) is 23.4 Å². The van der Waals surface area contributed by atoms with Gasteiger partial charge < -0.3 is 15.7 Å². The Morgan fingerprint density at radius 1 is 1.53 bits per heavy atom. The van der Waals surface area contributed by atoms with Gasteiger partial charge in [-0.3, -0.25) is 0 Å². The summed E-state index contributed by atoms with van der Waals surface area (Å²) in [5.41, 5.74) is 0.388. The average molecular weight is 289 g/mol. The zero-order valence-corrected chi connectivity index (χ0v) is 11.5. The maximum atomic E-state index is 13.4. The molecule has 0 radical (unpaired) electrons. The van der Waals surface area contributed by atoms with Crippen LogP contribution in [0.5, 0.6) is 0 Å². The first kappa shape index (κ1) is 15.7. The molecule has 1 unspecified atom stereocenters. The molecular formula is C13H18ClFN2O2. The van der Waals surface area contributed by atoms with Crippen molar-refractivity contribution in [3.05, 3.63) is 34.6 Å². The third-order valence-electron chi connectivity index (χ3n) is 2.77. The summed E-state index contributed by atoms with van der Waals surface area (Å²) in [5, 5.41) is 14.5. The van der Waals surface area contributed by atoms with Gasteiger partial charge in [0.05, 0.1) is 12.6 Å². The Hall–Kier alpha value is -1.33. The van der Waals surface area contributed by atoms with E-state index in [1.165, 1.54) is 12.1 Å². The summed E-state index contributed by atoms with van der Waals surface area (Å²) >= 11 is 5.87. The van der Waals surface area contributed by atoms with E-state index >= 15 is 0 Å². The molecule has 4 nitrogen and oxygen atoms in total. The van der Waals surface area contributed by atoms with Gasteiger partial charge in [-0.15, -0.1) is 0 Å². The van der Waals surface area contributed by atoms with Gasteiger partial charge in [0.2, 0.25) is 0 Å². The van der Waals surface area contributed by atoms with E-state index in [9.17, 15) is 9.18 Å². The predicted molar refractivity (Wildman–Crippen MR) is 72.8 cm³/mol. The van der Waals surface area contributed by atoms with Gasteiger partial charge >= 0.3 is 6.03 Å². The summed E-state index contributed by atoms with van der Waals surface area (Å²) in [6.45, 7) is 2.03. The van der Waals surface area contributed by atoms with Gasteiger partial charge in [0, 0.05) is 17.1 Å². The monoisotopic (exact) mass is 288 g/mol. The molecule has 0 fully saturated rings. The third-order valence-corrected chi connectivity index (χ3v) is 3.12. The second-order valence-electron chi connectivity index (χ2n) is 4.14. The Morgan fingerprint density at radius 3 is 2.84 bits per heavy atom. The predicted octanol–water partition coefficient (Wildman–Crippen LogP) is 2.09. The highest BCUT2D eigenvalue weighted by Gasteiger charge is 2.10. The molecule has 2 amide bonds. The minimum atomic E-state index is -0.381. The van der Waals surface area contributed by atoms with Crippen LogP contribution in [0.1, 0.15) is 18.9 Å². The van der Waals surface area contributed by atoms with Crippen LogP contribution in [0, 0.1) is 5.82 Å². The SMILES string of the molecule is CCC(CO)NC(=O)NCCc1c(F)cccc1Cl. The third kappa shape index (κ3) is 5.04. The number of nitrogens with one attached hydrogen (secondary N) is 2. The molecule has 0 saturated heterocycles. The van der Waals surface area contributed by atoms with Crippen molar-refractivity contribution in [3.63, 3.8) is 0 Å². The van der Waals surface area contributed by atoms with Gasteiger partial charge in [-0.1, -0.05) is 24.6 Å². The highest BCUT2D eigenvalue weighted by molar-refractivity contribution is 6.31. The van der Waals surface area contributed by atoms with E-state index in [4.69, 9.17) is 16.7 Å². The topological polar surface area (TPSA) is 61.4 Å². The first-order valence-corrected chi connectivity index (χ1v) is 6.54. The van der Waals surface area contributed by atoms with E-state index < -0.39 is 0 Å². The van der Waals surface area contributed by atoms with Crippen LogP contribution in [0.3, 0.4) is 0 Å². The van der Waals surface area contributed by atoms with Crippen molar-refractivity contribution < 1.29 is 14.3 Å². The van der Waals surface area contributed by atoms with Crippen molar-refractivity contribution in [1.29, 1.82) is 0 Å². The highest BCUT2D eigenvalue weighted by atomic mass is 35.5. The first-order valence-electron chi connectivity index (χ1n) is 6.16. The lowest BCUT2D eigenvalue weighted by atomic mass is 10.1. The fourth-order valence-electron chi connectivity index (χ4n) is 1.59. The van der Waals surface area contributed by atoms with Crippen molar-refractivity contribution in [1.82, 2.24) is 10.6 Å². The lowest BCUT2D eigenvalue weighted by Gasteiger charge is -2.14. The standard InChI is InChI=1S/C13H18ClFN2O2/c1-2-9(8-18)17-13(19)16-7-6-10-11(14)4-3-5-12(10)15/h3-5,9,18H,2,6-8H2,1H3,(H2,16,17,19). The molecule has 0 bridgehead atoms. The fraction of sp³-hybridized carbons (Fsp3) is 0.462. The van der Waals surface area contributed by atoms with E-state index in [-0.39, 0.29) is 31.0 Å². The average Bonchev–Trinajstić information content (AvgIpc) is 2.39. The van der Waals surface area contributed by atoms with Gasteiger partial charge in [0.15, 0.2) is 0 Å². The van der Waals surface area contributed by atoms with Crippen molar-refractivity contribution in [2.45, 2.75) is 25.8 Å². The van der Waals surface area contributed by atoms with Gasteiger partial charge in [-0.05, 0) is 25.0 Å². The van der Waals surface area contributed by atoms with Crippen LogP contribution < -0.4 is 10.6 Å². The smallest absolute Gasteiger partial charge is 0.315 e. The van der Waals surface area contributed by atoms with Crippen LogP contribution in [0.4, 0.5) is 9.18 Å². The molecule has 6 heteroatoms. The Bertz CT molecular complexity index is 405. The summed E-state index contributed by atoms with van der Waals surface area (Å²) in [7, 11) is 0. The lowest BCUT2D eigenvalue weighted by Crippen LogP contribution is -2.44. The molecule has 0 saturated carbocycles. The first-order chi connectivity index (χ1) is 9.08. The number of hydrogen-bond donors (Lipinski definition) is 3. The molecule has 0 aliphatic carbocycles. The Balaban J connectivity index is 2.40. The van der Waals surface area contributed by atoms with Crippen LogP contribution in [0.25, 0.3) is 0 Å². The summed E-state index contributed by atoms with van der Waals surface area (Å²) in [6.07, 6.45) is 0.956. The zero-order valence-electron chi connectivity index (χ0n) is 10.7. The van der Waals surface area contributed by atoms with E-state index in [1.807, 2.05) is 6.92 Å². The van der Waals surface area contributed by atoms with E-state index in [2.05, 4.69) is 10.6 Å². The van der Waals surface area contributed by atoms with Crippen LogP contribution in [-0.2, 0) is 6.42 Å². The number of urea groups is 1. The Labute approximate surface area is 117 Å². The molecule has 1 aromatic carbocycles. The molecule has 1 rings (SSSR count). The van der Waals surface area contributed by atoms with Crippen molar-refractivity contribution in [2.75, 3.05) is 13.2 Å². The zero-order chi connectivity index (χ0) is 14.3. The number of benzene rings is 1. The minimum Gasteiger partial charge on any atom is -0.394 e. The number of halogens is 2. The Kier molecular flexibility index (Phi) is 6.59. The molecule has 1 aromatic rings. The van der Waals surface area contributed by atoms with Gasteiger partial charge in [0.1, 0.15) is 5.82 Å². The van der Waals surface area contributed by atoms with Crippen LogP contribution in [-0.4, -0.2) is 30.3 Å². The molecule has 1 atom stereocenters. The van der Waals surface area contributed by atoms with Crippen molar-refractivity contribution >= 4 is 17.6 Å². The van der Waals surface area contributed by atoms with Gasteiger partial charge in [0.25, 0.3) is 0 Å². The number of aliphatic hydroxyl groups excluding tert-OH is 1. The normalized spacial score (nSPS) is 12.0. The molecule has 0 aliphatic heterocycles. The number of hydrogen-bond acceptors (Lipinski definition) is 2. The van der Waals surface area contributed by atoms with E-state index in [0.717, 1.165) is 0 Å². The molecule has 3 N–H and O–H groups in total. The maximum Gasteiger partial charge on any atom is 0.315 e. The summed E-state index contributed by atoms with van der Waals surface area (Å²) in [6, 6.07) is 3.83. The quantitative estimate of drug-likeness (QED) is 0.751. The maximum absolute atomic E-state index is 13.4. The molecule has 0 spiro atoms. The summed E-state index contributed by atoms with van der Waals surface area (Å²) < 4.78 is 13.4. The van der Waals surface area contributed by atoms with E-state index in [1.54, 1.807) is 6.07 Å². The number of aliphatic hydroxyl groups is 1. The second kappa shape index (κ2) is 7.96. The number of carbonyl (C=O) groups excluding carboxylic acids is 1. The van der Waals surface area contributed by atoms with Crippen LogP contribution in [0.2, 0.25) is 5.02 Å².